The first kappa shape index (κ1) is 11.4. The van der Waals surface area contributed by atoms with Crippen molar-refractivity contribution in [2.75, 3.05) is 24.3 Å². The third-order valence-electron chi connectivity index (χ3n) is 2.76. The minimum Gasteiger partial charge on any atom is -0.351 e. The van der Waals surface area contributed by atoms with Gasteiger partial charge in [-0.3, -0.25) is 0 Å². The molecule has 2 rings (SSSR count). The van der Waals surface area contributed by atoms with Gasteiger partial charge in [0.05, 0.1) is 0 Å². The van der Waals surface area contributed by atoms with Crippen LogP contribution in [0.2, 0.25) is 5.28 Å². The van der Waals surface area contributed by atoms with E-state index in [4.69, 9.17) is 11.6 Å². The Kier molecular flexibility index (Phi) is 3.14. The van der Waals surface area contributed by atoms with Crippen molar-refractivity contribution in [3.05, 3.63) is 5.28 Å². The molecule has 1 aliphatic rings. The lowest BCUT2D eigenvalue weighted by Crippen LogP contribution is -2.16. The summed E-state index contributed by atoms with van der Waals surface area (Å²) in [5, 5.41) is 3.51. The molecule has 0 saturated heterocycles. The Bertz CT molecular complexity index is 381. The van der Waals surface area contributed by atoms with Crippen LogP contribution in [0.1, 0.15) is 19.8 Å². The fourth-order valence-corrected chi connectivity index (χ4v) is 1.80. The average Bonchev–Trinajstić information content (AvgIpc) is 2.95. The third kappa shape index (κ3) is 2.52. The SMILES string of the molecule is CCC1CC1Nc1nc(Cl)nc(N(C)C)n1. The molecule has 1 aliphatic carbocycles. The van der Waals surface area contributed by atoms with Crippen LogP contribution in [0.25, 0.3) is 0 Å². The minimum absolute atomic E-state index is 0.231. The highest BCUT2D eigenvalue weighted by Gasteiger charge is 2.35. The standard InChI is InChI=1S/C10H16ClN5/c1-4-6-5-7(6)12-9-13-8(11)14-10(15-9)16(2)3/h6-7H,4-5H2,1-3H3,(H,12,13,14,15). The monoisotopic (exact) mass is 241 g/mol. The van der Waals surface area contributed by atoms with Gasteiger partial charge in [0.1, 0.15) is 0 Å². The number of rotatable bonds is 4. The smallest absolute Gasteiger partial charge is 0.230 e. The number of aromatic nitrogens is 3. The van der Waals surface area contributed by atoms with E-state index >= 15 is 0 Å². The Morgan fingerprint density at radius 2 is 2.12 bits per heavy atom. The molecule has 0 amide bonds. The van der Waals surface area contributed by atoms with Gasteiger partial charge in [-0.2, -0.15) is 15.0 Å². The second-order valence-corrected chi connectivity index (χ2v) is 4.62. The summed E-state index contributed by atoms with van der Waals surface area (Å²) in [6.45, 7) is 2.19. The van der Waals surface area contributed by atoms with Crippen LogP contribution in [-0.2, 0) is 0 Å². The van der Waals surface area contributed by atoms with Gasteiger partial charge in [0.25, 0.3) is 0 Å². The molecule has 1 aromatic rings. The maximum absolute atomic E-state index is 5.84. The molecular weight excluding hydrogens is 226 g/mol. The lowest BCUT2D eigenvalue weighted by molar-refractivity contribution is 0.770. The van der Waals surface area contributed by atoms with E-state index < -0.39 is 0 Å². The summed E-state index contributed by atoms with van der Waals surface area (Å²) in [5.74, 6) is 1.90. The van der Waals surface area contributed by atoms with Gasteiger partial charge in [0.15, 0.2) is 0 Å². The van der Waals surface area contributed by atoms with Gasteiger partial charge in [0, 0.05) is 20.1 Å². The summed E-state index contributed by atoms with van der Waals surface area (Å²) in [6, 6.07) is 0.499. The number of nitrogens with one attached hydrogen (secondary N) is 1. The van der Waals surface area contributed by atoms with E-state index in [1.54, 1.807) is 0 Å². The van der Waals surface area contributed by atoms with Gasteiger partial charge in [-0.15, -0.1) is 0 Å². The highest BCUT2D eigenvalue weighted by atomic mass is 35.5. The van der Waals surface area contributed by atoms with E-state index in [0.29, 0.717) is 17.9 Å². The van der Waals surface area contributed by atoms with Gasteiger partial charge < -0.3 is 10.2 Å². The van der Waals surface area contributed by atoms with Crippen LogP contribution in [0.3, 0.4) is 0 Å². The van der Waals surface area contributed by atoms with Gasteiger partial charge in [0.2, 0.25) is 17.2 Å². The summed E-state index contributed by atoms with van der Waals surface area (Å²) >= 11 is 5.84. The second-order valence-electron chi connectivity index (χ2n) is 4.28. The summed E-state index contributed by atoms with van der Waals surface area (Å²) in [4.78, 5) is 14.2. The first-order chi connectivity index (χ1) is 7.60. The molecule has 2 unspecified atom stereocenters. The van der Waals surface area contributed by atoms with Crippen LogP contribution in [-0.4, -0.2) is 35.1 Å². The number of anilines is 2. The molecule has 0 bridgehead atoms. The molecule has 5 nitrogen and oxygen atoms in total. The fourth-order valence-electron chi connectivity index (χ4n) is 1.65. The normalized spacial score (nSPS) is 23.0. The average molecular weight is 242 g/mol. The molecular formula is C10H16ClN5. The molecule has 0 radical (unpaired) electrons. The molecule has 1 fully saturated rings. The minimum atomic E-state index is 0.231. The zero-order valence-electron chi connectivity index (χ0n) is 9.74. The van der Waals surface area contributed by atoms with Crippen molar-refractivity contribution in [3.63, 3.8) is 0 Å². The van der Waals surface area contributed by atoms with Crippen molar-refractivity contribution in [1.82, 2.24) is 15.0 Å². The van der Waals surface area contributed by atoms with Crippen LogP contribution in [0.5, 0.6) is 0 Å². The molecule has 0 aromatic carbocycles. The molecule has 1 aromatic heterocycles. The summed E-state index contributed by atoms with van der Waals surface area (Å²) < 4.78 is 0. The maximum Gasteiger partial charge on any atom is 0.230 e. The number of halogens is 1. The van der Waals surface area contributed by atoms with Crippen molar-refractivity contribution in [2.24, 2.45) is 5.92 Å². The van der Waals surface area contributed by atoms with E-state index in [1.807, 2.05) is 19.0 Å². The fraction of sp³-hybridized carbons (Fsp3) is 0.700. The zero-order valence-corrected chi connectivity index (χ0v) is 10.5. The van der Waals surface area contributed by atoms with E-state index in [2.05, 4.69) is 27.2 Å². The maximum atomic E-state index is 5.84. The zero-order chi connectivity index (χ0) is 11.7. The summed E-state index contributed by atoms with van der Waals surface area (Å²) in [5.41, 5.74) is 0. The van der Waals surface area contributed by atoms with Crippen molar-refractivity contribution >= 4 is 23.5 Å². The second kappa shape index (κ2) is 4.41. The number of hydrogen-bond acceptors (Lipinski definition) is 5. The molecule has 0 spiro atoms. The van der Waals surface area contributed by atoms with Crippen LogP contribution in [0, 0.1) is 5.92 Å². The van der Waals surface area contributed by atoms with E-state index in [1.165, 1.54) is 12.8 Å². The van der Waals surface area contributed by atoms with Gasteiger partial charge >= 0.3 is 0 Å². The van der Waals surface area contributed by atoms with Crippen LogP contribution >= 0.6 is 11.6 Å². The van der Waals surface area contributed by atoms with E-state index in [9.17, 15) is 0 Å². The third-order valence-corrected chi connectivity index (χ3v) is 2.93. The molecule has 88 valence electrons. The van der Waals surface area contributed by atoms with Crippen LogP contribution < -0.4 is 10.2 Å². The molecule has 1 saturated carbocycles. The molecule has 0 aliphatic heterocycles. The Balaban J connectivity index is 2.09. The predicted molar refractivity (Wildman–Crippen MR) is 65.0 cm³/mol. The molecule has 1 N–H and O–H groups in total. The highest BCUT2D eigenvalue weighted by molar-refractivity contribution is 6.28. The van der Waals surface area contributed by atoms with Crippen molar-refractivity contribution < 1.29 is 0 Å². The van der Waals surface area contributed by atoms with Gasteiger partial charge in [-0.1, -0.05) is 13.3 Å². The van der Waals surface area contributed by atoms with Gasteiger partial charge in [-0.05, 0) is 23.9 Å². The predicted octanol–water partition coefficient (Wildman–Crippen LogP) is 1.80. The van der Waals surface area contributed by atoms with Gasteiger partial charge in [-0.25, -0.2) is 0 Å². The molecule has 1 heterocycles. The lowest BCUT2D eigenvalue weighted by atomic mass is 10.3. The van der Waals surface area contributed by atoms with Crippen LogP contribution in [0.4, 0.5) is 11.9 Å². The quantitative estimate of drug-likeness (QED) is 0.871. The lowest BCUT2D eigenvalue weighted by Gasteiger charge is -2.11. The number of hydrogen-bond donors (Lipinski definition) is 1. The van der Waals surface area contributed by atoms with E-state index in [-0.39, 0.29) is 5.28 Å². The Labute approximate surface area is 100 Å². The summed E-state index contributed by atoms with van der Waals surface area (Å²) in [6.07, 6.45) is 2.38. The Morgan fingerprint density at radius 1 is 1.38 bits per heavy atom. The Hall–Kier alpha value is -1.10. The Morgan fingerprint density at radius 3 is 2.69 bits per heavy atom. The van der Waals surface area contributed by atoms with E-state index in [0.717, 1.165) is 5.92 Å². The van der Waals surface area contributed by atoms with Crippen molar-refractivity contribution in [2.45, 2.75) is 25.8 Å². The topological polar surface area (TPSA) is 53.9 Å². The van der Waals surface area contributed by atoms with Crippen molar-refractivity contribution in [1.29, 1.82) is 0 Å². The summed E-state index contributed by atoms with van der Waals surface area (Å²) in [7, 11) is 3.75. The molecule has 2 atom stereocenters. The molecule has 6 heteroatoms. The molecule has 16 heavy (non-hydrogen) atoms. The van der Waals surface area contributed by atoms with Crippen molar-refractivity contribution in [3.8, 4) is 0 Å². The first-order valence-corrected chi connectivity index (χ1v) is 5.83. The highest BCUT2D eigenvalue weighted by Crippen LogP contribution is 2.35. The largest absolute Gasteiger partial charge is 0.351 e. The first-order valence-electron chi connectivity index (χ1n) is 5.45. The van der Waals surface area contributed by atoms with Crippen LogP contribution in [0.15, 0.2) is 0 Å². The number of nitrogens with zero attached hydrogens (tertiary/aromatic N) is 4.